The normalized spacial score (nSPS) is 22.9. The van der Waals surface area contributed by atoms with Gasteiger partial charge in [0.05, 0.1) is 0 Å². The van der Waals surface area contributed by atoms with Crippen molar-refractivity contribution in [3.8, 4) is 0 Å². The molecule has 1 N–H and O–H groups in total. The fraction of sp³-hybridized carbons (Fsp3) is 0.667. The van der Waals surface area contributed by atoms with E-state index >= 15 is 0 Å². The van der Waals surface area contributed by atoms with Gasteiger partial charge in [-0.15, -0.1) is 0 Å². The van der Waals surface area contributed by atoms with Crippen LogP contribution in [-0.4, -0.2) is 24.1 Å². The summed E-state index contributed by atoms with van der Waals surface area (Å²) in [5.74, 6) is -0.303. The minimum Gasteiger partial charge on any atom is -0.368 e. The number of nitrogens with one attached hydrogen (secondary N) is 1. The largest absolute Gasteiger partial charge is 0.368 e. The molecule has 3 nitrogen and oxygen atoms in total. The van der Waals surface area contributed by atoms with E-state index in [1.165, 1.54) is 0 Å². The van der Waals surface area contributed by atoms with Crippen molar-refractivity contribution < 1.29 is 8.78 Å². The van der Waals surface area contributed by atoms with Crippen molar-refractivity contribution in [1.82, 2.24) is 4.98 Å². The van der Waals surface area contributed by atoms with Gasteiger partial charge in [0.2, 0.25) is 0 Å². The Kier molecular flexibility index (Phi) is 4.78. The number of anilines is 2. The molecule has 2 unspecified atom stereocenters. The zero-order valence-corrected chi connectivity index (χ0v) is 12.4. The van der Waals surface area contributed by atoms with Gasteiger partial charge in [0, 0.05) is 25.2 Å². The lowest BCUT2D eigenvalue weighted by atomic mass is 9.92. The third-order valence-electron chi connectivity index (χ3n) is 4.10. The SMILES string of the molecule is CCCNc1nc(N2CCCC(C)C2C)c(F)cc1F. The van der Waals surface area contributed by atoms with E-state index < -0.39 is 11.6 Å². The summed E-state index contributed by atoms with van der Waals surface area (Å²) in [7, 11) is 0. The van der Waals surface area contributed by atoms with Crippen LogP contribution in [0.3, 0.4) is 0 Å². The first kappa shape index (κ1) is 15.0. The first-order chi connectivity index (χ1) is 9.54. The Morgan fingerprint density at radius 3 is 2.80 bits per heavy atom. The Morgan fingerprint density at radius 1 is 1.35 bits per heavy atom. The molecule has 1 aliphatic heterocycles. The predicted octanol–water partition coefficient (Wildman–Crippen LogP) is 3.81. The molecule has 2 heterocycles. The van der Waals surface area contributed by atoms with Crippen LogP contribution in [0.25, 0.3) is 0 Å². The van der Waals surface area contributed by atoms with Gasteiger partial charge in [-0.2, -0.15) is 0 Å². The van der Waals surface area contributed by atoms with Gasteiger partial charge >= 0.3 is 0 Å². The van der Waals surface area contributed by atoms with Crippen molar-refractivity contribution in [2.75, 3.05) is 23.3 Å². The molecule has 0 bridgehead atoms. The molecule has 1 fully saturated rings. The monoisotopic (exact) mass is 283 g/mol. The number of rotatable bonds is 4. The molecule has 1 aromatic heterocycles. The van der Waals surface area contributed by atoms with Crippen LogP contribution in [0.1, 0.15) is 40.0 Å². The van der Waals surface area contributed by atoms with Gasteiger partial charge in [0.1, 0.15) is 0 Å². The van der Waals surface area contributed by atoms with Gasteiger partial charge in [-0.25, -0.2) is 13.8 Å². The second kappa shape index (κ2) is 6.37. The van der Waals surface area contributed by atoms with Crippen molar-refractivity contribution in [2.45, 2.75) is 46.1 Å². The first-order valence-corrected chi connectivity index (χ1v) is 7.41. The summed E-state index contributed by atoms with van der Waals surface area (Å²) >= 11 is 0. The average Bonchev–Trinajstić information content (AvgIpc) is 2.41. The van der Waals surface area contributed by atoms with E-state index in [1.807, 2.05) is 11.8 Å². The van der Waals surface area contributed by atoms with E-state index in [-0.39, 0.29) is 17.7 Å². The summed E-state index contributed by atoms with van der Waals surface area (Å²) < 4.78 is 27.8. The predicted molar refractivity (Wildman–Crippen MR) is 78.1 cm³/mol. The minimum absolute atomic E-state index is 0.147. The number of nitrogens with zero attached hydrogens (tertiary/aromatic N) is 2. The van der Waals surface area contributed by atoms with E-state index in [0.717, 1.165) is 31.9 Å². The van der Waals surface area contributed by atoms with Gasteiger partial charge in [-0.1, -0.05) is 13.8 Å². The van der Waals surface area contributed by atoms with E-state index in [9.17, 15) is 8.78 Å². The molecule has 2 rings (SSSR count). The molecule has 0 radical (unpaired) electrons. The summed E-state index contributed by atoms with van der Waals surface area (Å²) in [6.07, 6.45) is 3.02. The maximum Gasteiger partial charge on any atom is 0.168 e. The number of hydrogen-bond donors (Lipinski definition) is 1. The van der Waals surface area contributed by atoms with Crippen LogP contribution in [-0.2, 0) is 0 Å². The Labute approximate surface area is 119 Å². The lowest BCUT2D eigenvalue weighted by Crippen LogP contribution is -2.43. The average molecular weight is 283 g/mol. The number of piperidine rings is 1. The van der Waals surface area contributed by atoms with Gasteiger partial charge in [0.25, 0.3) is 0 Å². The summed E-state index contributed by atoms with van der Waals surface area (Å²) in [4.78, 5) is 6.14. The Morgan fingerprint density at radius 2 is 2.10 bits per heavy atom. The van der Waals surface area contributed by atoms with E-state index in [0.29, 0.717) is 12.5 Å². The molecule has 0 aliphatic carbocycles. The minimum atomic E-state index is -0.627. The van der Waals surface area contributed by atoms with Crippen LogP contribution in [0.15, 0.2) is 6.07 Å². The smallest absolute Gasteiger partial charge is 0.168 e. The second-order valence-electron chi connectivity index (χ2n) is 5.60. The Balaban J connectivity index is 2.30. The molecule has 0 spiro atoms. The summed E-state index contributed by atoms with van der Waals surface area (Å²) in [5.41, 5.74) is 0. The van der Waals surface area contributed by atoms with Gasteiger partial charge in [-0.3, -0.25) is 0 Å². The number of halogens is 2. The quantitative estimate of drug-likeness (QED) is 0.911. The zero-order valence-electron chi connectivity index (χ0n) is 12.4. The molecule has 20 heavy (non-hydrogen) atoms. The van der Waals surface area contributed by atoms with Crippen LogP contribution >= 0.6 is 0 Å². The van der Waals surface area contributed by atoms with Crippen molar-refractivity contribution in [3.63, 3.8) is 0 Å². The van der Waals surface area contributed by atoms with E-state index in [2.05, 4.69) is 24.1 Å². The Bertz CT molecular complexity index is 465. The molecule has 1 saturated heterocycles. The van der Waals surface area contributed by atoms with E-state index in [1.54, 1.807) is 0 Å². The standard InChI is InChI=1S/C15H23F2N3/c1-4-7-18-14-12(16)9-13(17)15(19-14)20-8-5-6-10(2)11(20)3/h9-11H,4-8H2,1-3H3,(H,18,19). The van der Waals surface area contributed by atoms with Gasteiger partial charge in [-0.05, 0) is 32.1 Å². The molecule has 2 atom stereocenters. The highest BCUT2D eigenvalue weighted by Crippen LogP contribution is 2.30. The third kappa shape index (κ3) is 3.02. The fourth-order valence-corrected chi connectivity index (χ4v) is 2.66. The topological polar surface area (TPSA) is 28.2 Å². The first-order valence-electron chi connectivity index (χ1n) is 7.41. The zero-order chi connectivity index (χ0) is 14.7. The summed E-state index contributed by atoms with van der Waals surface area (Å²) in [6, 6.07) is 1.15. The number of hydrogen-bond acceptors (Lipinski definition) is 3. The summed E-state index contributed by atoms with van der Waals surface area (Å²) in [5, 5.41) is 2.92. The van der Waals surface area contributed by atoms with Gasteiger partial charge in [0.15, 0.2) is 23.3 Å². The highest BCUT2D eigenvalue weighted by Gasteiger charge is 2.28. The third-order valence-corrected chi connectivity index (χ3v) is 4.10. The molecule has 1 aromatic rings. The maximum absolute atomic E-state index is 14.1. The molecular weight excluding hydrogens is 260 g/mol. The molecule has 5 heteroatoms. The van der Waals surface area contributed by atoms with Crippen molar-refractivity contribution >= 4 is 11.6 Å². The molecule has 112 valence electrons. The van der Waals surface area contributed by atoms with Crippen molar-refractivity contribution in [3.05, 3.63) is 17.7 Å². The van der Waals surface area contributed by atoms with Crippen molar-refractivity contribution in [2.24, 2.45) is 5.92 Å². The molecular formula is C15H23F2N3. The molecule has 0 amide bonds. The highest BCUT2D eigenvalue weighted by atomic mass is 19.1. The van der Waals surface area contributed by atoms with Gasteiger partial charge < -0.3 is 10.2 Å². The maximum atomic E-state index is 14.1. The second-order valence-corrected chi connectivity index (χ2v) is 5.60. The van der Waals surface area contributed by atoms with Crippen LogP contribution in [0.5, 0.6) is 0 Å². The molecule has 1 aliphatic rings. The van der Waals surface area contributed by atoms with Crippen LogP contribution in [0.2, 0.25) is 0 Å². The van der Waals surface area contributed by atoms with E-state index in [4.69, 9.17) is 0 Å². The van der Waals surface area contributed by atoms with Crippen LogP contribution in [0.4, 0.5) is 20.4 Å². The fourth-order valence-electron chi connectivity index (χ4n) is 2.66. The van der Waals surface area contributed by atoms with Crippen molar-refractivity contribution in [1.29, 1.82) is 0 Å². The molecule has 0 saturated carbocycles. The lowest BCUT2D eigenvalue weighted by Gasteiger charge is -2.39. The Hall–Kier alpha value is -1.39. The van der Waals surface area contributed by atoms with Crippen LogP contribution < -0.4 is 10.2 Å². The molecule has 0 aromatic carbocycles. The number of aromatic nitrogens is 1. The van der Waals surface area contributed by atoms with Crippen LogP contribution in [0, 0.1) is 17.6 Å². The highest BCUT2D eigenvalue weighted by molar-refractivity contribution is 5.50. The summed E-state index contributed by atoms with van der Waals surface area (Å²) in [6.45, 7) is 7.63. The number of pyridine rings is 1. The lowest BCUT2D eigenvalue weighted by molar-refractivity contribution is 0.357.